The van der Waals surface area contributed by atoms with Gasteiger partial charge in [-0.2, -0.15) is 0 Å². The summed E-state index contributed by atoms with van der Waals surface area (Å²) < 4.78 is 0. The lowest BCUT2D eigenvalue weighted by Crippen LogP contribution is -2.41. The Labute approximate surface area is 138 Å². The maximum Gasteiger partial charge on any atom is 0.309 e. The third-order valence-electron chi connectivity index (χ3n) is 4.07. The minimum Gasteiger partial charge on any atom is -0.374 e. The van der Waals surface area contributed by atoms with Crippen LogP contribution in [0.25, 0.3) is 0 Å². The van der Waals surface area contributed by atoms with Crippen molar-refractivity contribution in [1.29, 1.82) is 0 Å². The molecule has 0 atom stereocenters. The lowest BCUT2D eigenvalue weighted by atomic mass is 9.98. The molecule has 1 aromatic rings. The summed E-state index contributed by atoms with van der Waals surface area (Å²) in [4.78, 5) is 25.6. The van der Waals surface area contributed by atoms with Crippen molar-refractivity contribution < 1.29 is 9.59 Å². The Morgan fingerprint density at radius 1 is 1.22 bits per heavy atom. The number of rotatable bonds is 5. The van der Waals surface area contributed by atoms with Gasteiger partial charge >= 0.3 is 11.8 Å². The van der Waals surface area contributed by atoms with Gasteiger partial charge in [0, 0.05) is 32.4 Å². The molecule has 0 saturated heterocycles. The fourth-order valence-electron chi connectivity index (χ4n) is 2.77. The van der Waals surface area contributed by atoms with Gasteiger partial charge in [0.05, 0.1) is 0 Å². The molecule has 0 fully saturated rings. The van der Waals surface area contributed by atoms with Gasteiger partial charge in [0.15, 0.2) is 0 Å². The van der Waals surface area contributed by atoms with Gasteiger partial charge in [-0.15, -0.1) is 0 Å². The molecule has 2 N–H and O–H groups in total. The summed E-state index contributed by atoms with van der Waals surface area (Å²) in [6, 6.07) is 6.47. The van der Waals surface area contributed by atoms with Gasteiger partial charge in [-0.3, -0.25) is 9.59 Å². The van der Waals surface area contributed by atoms with E-state index in [0.717, 1.165) is 19.4 Å². The summed E-state index contributed by atoms with van der Waals surface area (Å²) in [6.07, 6.45) is 3.03. The number of nitrogens with zero attached hydrogens (tertiary/aromatic N) is 1. The molecular formula is C18H27N3O2. The van der Waals surface area contributed by atoms with Crippen LogP contribution in [-0.2, 0) is 22.4 Å². The largest absolute Gasteiger partial charge is 0.374 e. The van der Waals surface area contributed by atoms with E-state index in [0.29, 0.717) is 19.0 Å². The van der Waals surface area contributed by atoms with Crippen molar-refractivity contribution in [3.8, 4) is 0 Å². The molecule has 126 valence electrons. The quantitative estimate of drug-likeness (QED) is 0.809. The van der Waals surface area contributed by atoms with Crippen LogP contribution < -0.4 is 15.5 Å². The van der Waals surface area contributed by atoms with Crippen LogP contribution in [0.15, 0.2) is 18.2 Å². The van der Waals surface area contributed by atoms with Crippen LogP contribution >= 0.6 is 0 Å². The first-order valence-corrected chi connectivity index (χ1v) is 8.36. The van der Waals surface area contributed by atoms with Gasteiger partial charge < -0.3 is 15.5 Å². The van der Waals surface area contributed by atoms with E-state index in [1.807, 2.05) is 13.8 Å². The second kappa shape index (κ2) is 7.99. The fourth-order valence-corrected chi connectivity index (χ4v) is 2.77. The van der Waals surface area contributed by atoms with Crippen LogP contribution in [0, 0.1) is 5.92 Å². The maximum absolute atomic E-state index is 11.7. The zero-order valence-corrected chi connectivity index (χ0v) is 14.3. The third kappa shape index (κ3) is 4.98. The number of carbonyl (C=O) groups is 2. The van der Waals surface area contributed by atoms with Gasteiger partial charge in [0.2, 0.25) is 0 Å². The van der Waals surface area contributed by atoms with E-state index >= 15 is 0 Å². The van der Waals surface area contributed by atoms with Crippen LogP contribution in [0.3, 0.4) is 0 Å². The van der Waals surface area contributed by atoms with Gasteiger partial charge in [-0.25, -0.2) is 0 Å². The van der Waals surface area contributed by atoms with Crippen molar-refractivity contribution in [3.05, 3.63) is 29.3 Å². The van der Waals surface area contributed by atoms with E-state index in [1.165, 1.54) is 23.2 Å². The Bertz CT molecular complexity index is 569. The molecule has 0 saturated carbocycles. The van der Waals surface area contributed by atoms with Gasteiger partial charge in [-0.1, -0.05) is 26.0 Å². The van der Waals surface area contributed by atoms with Crippen molar-refractivity contribution in [3.63, 3.8) is 0 Å². The molecular weight excluding hydrogens is 290 g/mol. The Morgan fingerprint density at radius 3 is 2.70 bits per heavy atom. The fraction of sp³-hybridized carbons (Fsp3) is 0.556. The van der Waals surface area contributed by atoms with Crippen molar-refractivity contribution in [1.82, 2.24) is 10.6 Å². The predicted octanol–water partition coefficient (Wildman–Crippen LogP) is 1.50. The highest BCUT2D eigenvalue weighted by atomic mass is 16.2. The average molecular weight is 317 g/mol. The lowest BCUT2D eigenvalue weighted by molar-refractivity contribution is -0.139. The molecule has 0 aliphatic carbocycles. The van der Waals surface area contributed by atoms with Crippen molar-refractivity contribution >= 4 is 17.5 Å². The molecule has 0 bridgehead atoms. The van der Waals surface area contributed by atoms with E-state index in [4.69, 9.17) is 0 Å². The summed E-state index contributed by atoms with van der Waals surface area (Å²) >= 11 is 0. The number of hydrogen-bond acceptors (Lipinski definition) is 3. The number of benzene rings is 1. The van der Waals surface area contributed by atoms with Crippen LogP contribution in [0.5, 0.6) is 0 Å². The normalized spacial score (nSPS) is 13.7. The second-order valence-electron chi connectivity index (χ2n) is 6.60. The highest BCUT2D eigenvalue weighted by molar-refractivity contribution is 6.35. The number of aryl methyl sites for hydroxylation is 1. The minimum atomic E-state index is -0.552. The Balaban J connectivity index is 1.80. The zero-order valence-electron chi connectivity index (χ0n) is 14.3. The first kappa shape index (κ1) is 17.3. The number of anilines is 1. The first-order valence-electron chi connectivity index (χ1n) is 8.36. The average Bonchev–Trinajstić information content (AvgIpc) is 2.52. The Hall–Kier alpha value is -2.04. The Morgan fingerprint density at radius 2 is 1.96 bits per heavy atom. The molecule has 5 nitrogen and oxygen atoms in total. The number of amides is 2. The van der Waals surface area contributed by atoms with Gasteiger partial charge in [0.25, 0.3) is 0 Å². The molecule has 0 radical (unpaired) electrons. The molecule has 0 unspecified atom stereocenters. The number of hydrogen-bond donors (Lipinski definition) is 2. The first-order chi connectivity index (χ1) is 11.0. The molecule has 0 spiro atoms. The molecule has 1 heterocycles. The Kier molecular flexibility index (Phi) is 6.02. The molecule has 1 aliphatic rings. The molecule has 0 aromatic heterocycles. The van der Waals surface area contributed by atoms with E-state index in [1.54, 1.807) is 0 Å². The van der Waals surface area contributed by atoms with Crippen molar-refractivity contribution in [2.24, 2.45) is 5.92 Å². The number of nitrogens with one attached hydrogen (secondary N) is 2. The van der Waals surface area contributed by atoms with Gasteiger partial charge in [-0.05, 0) is 42.4 Å². The standard InChI is InChI=1S/C18H27N3O2/c1-13(2)12-20-18(23)17(22)19-9-8-14-6-7-16-15(11-14)5-4-10-21(16)3/h6-7,11,13H,4-5,8-10,12H2,1-3H3,(H,19,22)(H,20,23). The molecule has 2 rings (SSSR count). The predicted molar refractivity (Wildman–Crippen MR) is 92.6 cm³/mol. The van der Waals surface area contributed by atoms with Crippen LogP contribution in [-0.4, -0.2) is 38.5 Å². The summed E-state index contributed by atoms with van der Waals surface area (Å²) in [5, 5.41) is 5.30. The van der Waals surface area contributed by atoms with Gasteiger partial charge in [0.1, 0.15) is 0 Å². The molecule has 23 heavy (non-hydrogen) atoms. The molecule has 1 aliphatic heterocycles. The van der Waals surface area contributed by atoms with Crippen LogP contribution in [0.2, 0.25) is 0 Å². The topological polar surface area (TPSA) is 61.4 Å². The minimum absolute atomic E-state index is 0.334. The summed E-state index contributed by atoms with van der Waals surface area (Å²) in [5.74, 6) is -0.769. The lowest BCUT2D eigenvalue weighted by Gasteiger charge is -2.27. The molecule has 1 aromatic carbocycles. The van der Waals surface area contributed by atoms with E-state index < -0.39 is 11.8 Å². The summed E-state index contributed by atoms with van der Waals surface area (Å²) in [5.41, 5.74) is 3.87. The van der Waals surface area contributed by atoms with E-state index in [9.17, 15) is 9.59 Å². The molecule has 2 amide bonds. The van der Waals surface area contributed by atoms with Crippen molar-refractivity contribution in [2.45, 2.75) is 33.1 Å². The second-order valence-corrected chi connectivity index (χ2v) is 6.60. The van der Waals surface area contributed by atoms with Crippen molar-refractivity contribution in [2.75, 3.05) is 31.6 Å². The maximum atomic E-state index is 11.7. The monoisotopic (exact) mass is 317 g/mol. The highest BCUT2D eigenvalue weighted by Gasteiger charge is 2.15. The molecule has 5 heteroatoms. The smallest absolute Gasteiger partial charge is 0.309 e. The third-order valence-corrected chi connectivity index (χ3v) is 4.07. The van der Waals surface area contributed by atoms with E-state index in [-0.39, 0.29) is 0 Å². The highest BCUT2D eigenvalue weighted by Crippen LogP contribution is 2.26. The SMILES string of the molecule is CC(C)CNC(=O)C(=O)NCCc1ccc2c(c1)CCCN2C. The van der Waals surface area contributed by atoms with E-state index in [2.05, 4.69) is 40.8 Å². The van der Waals surface area contributed by atoms with Crippen LogP contribution in [0.1, 0.15) is 31.4 Å². The van der Waals surface area contributed by atoms with Crippen LogP contribution in [0.4, 0.5) is 5.69 Å². The number of fused-ring (bicyclic) bond motifs is 1. The summed E-state index contributed by atoms with van der Waals surface area (Å²) in [7, 11) is 2.12. The zero-order chi connectivity index (χ0) is 16.8. The summed E-state index contributed by atoms with van der Waals surface area (Å²) in [6.45, 7) is 6.08. The number of carbonyl (C=O) groups excluding carboxylic acids is 2.